The summed E-state index contributed by atoms with van der Waals surface area (Å²) in [5.41, 5.74) is 0. The van der Waals surface area contributed by atoms with Gasteiger partial charge in [-0.05, 0) is 0 Å². The van der Waals surface area contributed by atoms with Crippen molar-refractivity contribution >= 4 is 19.6 Å². The van der Waals surface area contributed by atoms with Crippen LogP contribution in [0.3, 0.4) is 0 Å². The molecule has 0 bridgehead atoms. The molecule has 0 saturated carbocycles. The number of rotatable bonds is 1. The van der Waals surface area contributed by atoms with Gasteiger partial charge in [-0.15, -0.1) is 0 Å². The third-order valence-electron chi connectivity index (χ3n) is 0.450. The molecule has 8 heavy (non-hydrogen) atoms. The molecule has 0 aromatic heterocycles. The molecule has 0 aromatic rings. The van der Waals surface area contributed by atoms with E-state index in [0.717, 1.165) is 0 Å². The Morgan fingerprint density at radius 2 is 1.75 bits per heavy atom. The number of hydrogen-bond donors (Lipinski definition) is 0. The fourth-order valence-corrected chi connectivity index (χ4v) is 2.24. The zero-order valence-electron chi connectivity index (χ0n) is 5.82. The summed E-state index contributed by atoms with van der Waals surface area (Å²) in [6.45, 7) is 1.45. The molecular formula is C5H12GeO2. The van der Waals surface area contributed by atoms with Gasteiger partial charge in [-0.2, -0.15) is 0 Å². The predicted octanol–water partition coefficient (Wildman–Crippen LogP) is 1.38. The molecule has 2 nitrogen and oxygen atoms in total. The standard InChI is InChI=1S/C5H12GeO2/c1-5(7)8-6(2,3)4/h1-4H3. The molecule has 0 aliphatic carbocycles. The van der Waals surface area contributed by atoms with E-state index in [4.69, 9.17) is 3.76 Å². The second-order valence-corrected chi connectivity index (χ2v) is 12.0. The van der Waals surface area contributed by atoms with Gasteiger partial charge in [0, 0.05) is 0 Å². The molecule has 0 heterocycles. The van der Waals surface area contributed by atoms with Crippen LogP contribution in [0, 0.1) is 0 Å². The van der Waals surface area contributed by atoms with Crippen LogP contribution in [0.1, 0.15) is 6.92 Å². The minimum atomic E-state index is -2.00. The summed E-state index contributed by atoms with van der Waals surface area (Å²) < 4.78 is 4.99. The van der Waals surface area contributed by atoms with Crippen LogP contribution < -0.4 is 0 Å². The van der Waals surface area contributed by atoms with Crippen LogP contribution in [0.2, 0.25) is 17.3 Å². The maximum absolute atomic E-state index is 10.3. The average molecular weight is 177 g/mol. The summed E-state index contributed by atoms with van der Waals surface area (Å²) in [5, 5.41) is 0. The van der Waals surface area contributed by atoms with Crippen molar-refractivity contribution in [3.05, 3.63) is 0 Å². The van der Waals surface area contributed by atoms with E-state index in [1.54, 1.807) is 0 Å². The summed E-state index contributed by atoms with van der Waals surface area (Å²) in [4.78, 5) is 10.3. The quantitative estimate of drug-likeness (QED) is 0.565. The number of carbonyl (C=O) groups excluding carboxylic acids is 1. The molecule has 0 spiro atoms. The van der Waals surface area contributed by atoms with E-state index in [9.17, 15) is 4.79 Å². The van der Waals surface area contributed by atoms with Gasteiger partial charge >= 0.3 is 52.3 Å². The van der Waals surface area contributed by atoms with Gasteiger partial charge in [0.25, 0.3) is 0 Å². The van der Waals surface area contributed by atoms with Gasteiger partial charge in [-0.1, -0.05) is 0 Å². The van der Waals surface area contributed by atoms with Gasteiger partial charge in [-0.25, -0.2) is 0 Å². The maximum atomic E-state index is 10.3. The Labute approximate surface area is 52.9 Å². The molecule has 0 unspecified atom stereocenters. The van der Waals surface area contributed by atoms with Crippen molar-refractivity contribution in [1.82, 2.24) is 0 Å². The molecular weight excluding hydrogens is 165 g/mol. The Morgan fingerprint density at radius 3 is 1.75 bits per heavy atom. The summed E-state index contributed by atoms with van der Waals surface area (Å²) >= 11 is -2.00. The van der Waals surface area contributed by atoms with Crippen molar-refractivity contribution in [2.24, 2.45) is 0 Å². The molecule has 0 saturated heterocycles. The monoisotopic (exact) mass is 178 g/mol. The van der Waals surface area contributed by atoms with Crippen LogP contribution in [0.4, 0.5) is 0 Å². The van der Waals surface area contributed by atoms with Crippen molar-refractivity contribution in [2.75, 3.05) is 0 Å². The summed E-state index contributed by atoms with van der Waals surface area (Å²) in [6, 6.07) is 0. The van der Waals surface area contributed by atoms with Crippen molar-refractivity contribution in [3.63, 3.8) is 0 Å². The fourth-order valence-electron chi connectivity index (χ4n) is 0.431. The van der Waals surface area contributed by atoms with Crippen LogP contribution in [0.15, 0.2) is 0 Å². The van der Waals surface area contributed by atoms with Crippen LogP contribution in [-0.2, 0) is 8.56 Å². The normalized spacial score (nSPS) is 11.0. The molecule has 0 amide bonds. The van der Waals surface area contributed by atoms with Crippen molar-refractivity contribution in [1.29, 1.82) is 0 Å². The van der Waals surface area contributed by atoms with Crippen molar-refractivity contribution in [3.8, 4) is 0 Å². The van der Waals surface area contributed by atoms with Gasteiger partial charge in [0.15, 0.2) is 0 Å². The SMILES string of the molecule is CC(=O)[O][Ge]([CH3])([CH3])[CH3]. The van der Waals surface area contributed by atoms with Gasteiger partial charge in [0.1, 0.15) is 0 Å². The molecule has 0 fully saturated rings. The van der Waals surface area contributed by atoms with Crippen LogP contribution >= 0.6 is 0 Å². The fraction of sp³-hybridized carbons (Fsp3) is 0.800. The zero-order chi connectivity index (χ0) is 6.78. The Hall–Kier alpha value is 0.0129. The molecule has 0 aliphatic heterocycles. The Bertz CT molecular complexity index is 93.1. The number of hydrogen-bond acceptors (Lipinski definition) is 2. The summed E-state index contributed by atoms with van der Waals surface area (Å²) in [5.74, 6) is 5.95. The predicted molar refractivity (Wildman–Crippen MR) is 35.1 cm³/mol. The molecule has 0 rings (SSSR count). The van der Waals surface area contributed by atoms with Crippen LogP contribution in [0.25, 0.3) is 0 Å². The van der Waals surface area contributed by atoms with Crippen molar-refractivity contribution in [2.45, 2.75) is 24.2 Å². The molecule has 0 aliphatic rings. The second kappa shape index (κ2) is 2.53. The van der Waals surface area contributed by atoms with Gasteiger partial charge in [0.2, 0.25) is 0 Å². The van der Waals surface area contributed by atoms with E-state index in [1.807, 2.05) is 17.3 Å². The molecule has 0 aromatic carbocycles. The van der Waals surface area contributed by atoms with E-state index < -0.39 is 13.6 Å². The van der Waals surface area contributed by atoms with Gasteiger partial charge in [-0.3, -0.25) is 0 Å². The van der Waals surface area contributed by atoms with Crippen molar-refractivity contribution < 1.29 is 8.56 Å². The third-order valence-corrected chi connectivity index (χ3v) is 2.34. The van der Waals surface area contributed by atoms with Gasteiger partial charge in [0.05, 0.1) is 0 Å². The first-order valence-electron chi connectivity index (χ1n) is 2.61. The minimum absolute atomic E-state index is 0.141. The summed E-state index contributed by atoms with van der Waals surface area (Å²) in [7, 11) is 0. The molecule has 3 heteroatoms. The Kier molecular flexibility index (Phi) is 2.53. The van der Waals surface area contributed by atoms with E-state index in [1.165, 1.54) is 6.92 Å². The molecule has 0 radical (unpaired) electrons. The van der Waals surface area contributed by atoms with E-state index in [-0.39, 0.29) is 5.97 Å². The third kappa shape index (κ3) is 6.01. The van der Waals surface area contributed by atoms with Gasteiger partial charge < -0.3 is 0 Å². The molecule has 0 atom stereocenters. The first-order valence-corrected chi connectivity index (χ1v) is 9.76. The Balaban J connectivity index is 3.55. The average Bonchev–Trinajstić information content (AvgIpc) is 1.21. The molecule has 48 valence electrons. The zero-order valence-corrected chi connectivity index (χ0v) is 7.91. The van der Waals surface area contributed by atoms with Crippen LogP contribution in [-0.4, -0.2) is 19.6 Å². The van der Waals surface area contributed by atoms with E-state index >= 15 is 0 Å². The summed E-state index contributed by atoms with van der Waals surface area (Å²) in [6.07, 6.45) is 0. The number of carbonyl (C=O) groups is 1. The first kappa shape index (κ1) is 8.01. The topological polar surface area (TPSA) is 26.3 Å². The van der Waals surface area contributed by atoms with Crippen LogP contribution in [0.5, 0.6) is 0 Å². The molecule has 0 N–H and O–H groups in total. The first-order chi connectivity index (χ1) is 3.42. The second-order valence-electron chi connectivity index (χ2n) is 2.71. The van der Waals surface area contributed by atoms with E-state index in [2.05, 4.69) is 0 Å². The Morgan fingerprint density at radius 1 is 1.38 bits per heavy atom. The van der Waals surface area contributed by atoms with E-state index in [0.29, 0.717) is 0 Å².